The predicted octanol–water partition coefficient (Wildman–Crippen LogP) is 7.93. The van der Waals surface area contributed by atoms with Gasteiger partial charge in [0.2, 0.25) is 0 Å². The van der Waals surface area contributed by atoms with Gasteiger partial charge in [-0.25, -0.2) is 9.97 Å². The molecule has 3 rings (SSSR count). The van der Waals surface area contributed by atoms with E-state index in [2.05, 4.69) is 42.1 Å². The van der Waals surface area contributed by atoms with E-state index in [1.54, 1.807) is 22.7 Å². The van der Waals surface area contributed by atoms with Gasteiger partial charge >= 0.3 is 0 Å². The minimum absolute atomic E-state index is 0.889. The number of thiophene rings is 1. The highest BCUT2D eigenvalue weighted by Gasteiger charge is 2.12. The van der Waals surface area contributed by atoms with Gasteiger partial charge in [-0.1, -0.05) is 58.3 Å². The summed E-state index contributed by atoms with van der Waals surface area (Å²) in [5, 5.41) is 4.10. The molecule has 0 radical (unpaired) electrons. The molecule has 0 aliphatic carbocycles. The van der Waals surface area contributed by atoms with Crippen molar-refractivity contribution in [2.24, 2.45) is 0 Å². The van der Waals surface area contributed by atoms with Crippen LogP contribution in [0.5, 0.6) is 0 Å². The first-order valence-corrected chi connectivity index (χ1v) is 12.7. The van der Waals surface area contributed by atoms with Crippen LogP contribution in [-0.4, -0.2) is 9.97 Å². The lowest BCUT2D eigenvalue weighted by Gasteiger charge is -1.96. The summed E-state index contributed by atoms with van der Waals surface area (Å²) in [7, 11) is 0. The van der Waals surface area contributed by atoms with Crippen LogP contribution in [0.2, 0.25) is 0 Å². The van der Waals surface area contributed by atoms with Crippen LogP contribution in [0.25, 0.3) is 19.5 Å². The van der Waals surface area contributed by atoms with E-state index >= 15 is 0 Å². The molecule has 5 heteroatoms. The topological polar surface area (TPSA) is 25.8 Å². The lowest BCUT2D eigenvalue weighted by molar-refractivity contribution is 0.670. The van der Waals surface area contributed by atoms with Gasteiger partial charge in [-0.05, 0) is 31.2 Å². The fourth-order valence-electron chi connectivity index (χ4n) is 2.95. The Hall–Kier alpha value is -1.22. The Kier molecular flexibility index (Phi) is 8.32. The van der Waals surface area contributed by atoms with Crippen molar-refractivity contribution in [2.75, 3.05) is 0 Å². The molecule has 144 valence electrons. The molecule has 3 aromatic rings. The zero-order valence-electron chi connectivity index (χ0n) is 16.3. The lowest BCUT2D eigenvalue weighted by Crippen LogP contribution is -1.81. The molecule has 3 heterocycles. The summed E-state index contributed by atoms with van der Waals surface area (Å²) in [4.78, 5) is 11.0. The van der Waals surface area contributed by atoms with E-state index < -0.39 is 0 Å². The van der Waals surface area contributed by atoms with E-state index in [0.29, 0.717) is 0 Å². The summed E-state index contributed by atoms with van der Waals surface area (Å²) in [5.41, 5.74) is 2.03. The molecular weight excluding hydrogens is 388 g/mol. The number of aryl methyl sites for hydroxylation is 1. The van der Waals surface area contributed by atoms with Crippen molar-refractivity contribution in [2.45, 2.75) is 78.1 Å². The van der Waals surface area contributed by atoms with Gasteiger partial charge < -0.3 is 0 Å². The highest BCUT2D eigenvalue weighted by atomic mass is 32.2. The van der Waals surface area contributed by atoms with Gasteiger partial charge in [0, 0.05) is 16.7 Å². The maximum Gasteiger partial charge on any atom is 0.154 e. The number of hydrogen-bond donors (Lipinski definition) is 0. The van der Waals surface area contributed by atoms with Crippen molar-refractivity contribution < 1.29 is 0 Å². The second kappa shape index (κ2) is 10.9. The van der Waals surface area contributed by atoms with E-state index in [9.17, 15) is 0 Å². The average Bonchev–Trinajstić information content (AvgIpc) is 3.36. The Morgan fingerprint density at radius 1 is 0.889 bits per heavy atom. The van der Waals surface area contributed by atoms with Crippen molar-refractivity contribution >= 4 is 43.5 Å². The minimum atomic E-state index is 0.889. The van der Waals surface area contributed by atoms with E-state index in [4.69, 9.17) is 4.98 Å². The third-order valence-electron chi connectivity index (χ3n) is 4.48. The fourth-order valence-corrected chi connectivity index (χ4v) is 6.10. The van der Waals surface area contributed by atoms with Crippen LogP contribution in [0, 0.1) is 11.8 Å². The molecule has 0 saturated heterocycles. The molecule has 0 spiro atoms. The molecule has 0 saturated carbocycles. The summed E-state index contributed by atoms with van der Waals surface area (Å²) in [6.45, 7) is 4.50. The van der Waals surface area contributed by atoms with Gasteiger partial charge in [0.15, 0.2) is 10.0 Å². The SMILES string of the molecule is CCCCCCC#Cc1csc(-c2nc3cc(CCCCCC)sc3s2)n1. The molecule has 3 aromatic heterocycles. The summed E-state index contributed by atoms with van der Waals surface area (Å²) >= 11 is 5.33. The smallest absolute Gasteiger partial charge is 0.154 e. The third-order valence-corrected chi connectivity index (χ3v) is 7.81. The first-order chi connectivity index (χ1) is 13.3. The number of unbranched alkanes of at least 4 members (excludes halogenated alkanes) is 7. The van der Waals surface area contributed by atoms with Gasteiger partial charge in [0.25, 0.3) is 0 Å². The maximum absolute atomic E-state index is 4.82. The molecule has 0 aliphatic heterocycles. The highest BCUT2D eigenvalue weighted by molar-refractivity contribution is 7.40. The third kappa shape index (κ3) is 6.14. The van der Waals surface area contributed by atoms with E-state index in [1.165, 1.54) is 66.7 Å². The largest absolute Gasteiger partial charge is 0.233 e. The Morgan fingerprint density at radius 3 is 2.48 bits per heavy atom. The van der Waals surface area contributed by atoms with E-state index in [-0.39, 0.29) is 0 Å². The van der Waals surface area contributed by atoms with Gasteiger partial charge in [-0.2, -0.15) is 0 Å². The summed E-state index contributed by atoms with van der Waals surface area (Å²) in [6, 6.07) is 2.27. The molecule has 0 amide bonds. The van der Waals surface area contributed by atoms with Crippen LogP contribution in [0.3, 0.4) is 0 Å². The summed E-state index contributed by atoms with van der Waals surface area (Å²) in [6.07, 6.45) is 12.5. The molecule has 0 atom stereocenters. The monoisotopic (exact) mass is 416 g/mol. The van der Waals surface area contributed by atoms with E-state index in [1.807, 2.05) is 11.3 Å². The molecule has 27 heavy (non-hydrogen) atoms. The molecular formula is C22H28N2S3. The molecule has 0 N–H and O–H groups in total. The normalized spacial score (nSPS) is 11.0. The van der Waals surface area contributed by atoms with Crippen molar-refractivity contribution in [3.63, 3.8) is 0 Å². The number of thiazole rings is 2. The fraction of sp³-hybridized carbons (Fsp3) is 0.545. The van der Waals surface area contributed by atoms with Gasteiger partial charge in [0.1, 0.15) is 9.71 Å². The highest BCUT2D eigenvalue weighted by Crippen LogP contribution is 2.37. The van der Waals surface area contributed by atoms with Crippen LogP contribution >= 0.6 is 34.0 Å². The Labute approximate surface area is 175 Å². The molecule has 2 nitrogen and oxygen atoms in total. The molecule has 0 aromatic carbocycles. The summed E-state index contributed by atoms with van der Waals surface area (Å²) in [5.74, 6) is 6.47. The molecule has 0 unspecified atom stereocenters. The van der Waals surface area contributed by atoms with Crippen molar-refractivity contribution in [3.8, 4) is 21.9 Å². The number of nitrogens with zero attached hydrogens (tertiary/aromatic N) is 2. The maximum atomic E-state index is 4.82. The second-order valence-corrected chi connectivity index (χ2v) is 10.1. The zero-order valence-corrected chi connectivity index (χ0v) is 18.8. The number of aromatic nitrogens is 2. The Morgan fingerprint density at radius 2 is 1.70 bits per heavy atom. The summed E-state index contributed by atoms with van der Waals surface area (Å²) < 4.78 is 1.33. The Balaban J connectivity index is 1.57. The zero-order chi connectivity index (χ0) is 18.9. The van der Waals surface area contributed by atoms with Gasteiger partial charge in [0.05, 0.1) is 5.52 Å². The standard InChI is InChI=1S/C22H28N2S3/c1-3-5-7-9-10-11-13-17-16-25-20(23-17)21-24-19-15-18(26-22(19)27-21)14-12-8-6-4-2/h15-16H,3-10,12,14H2,1-2H3. The van der Waals surface area contributed by atoms with Crippen molar-refractivity contribution in [3.05, 3.63) is 22.0 Å². The predicted molar refractivity (Wildman–Crippen MR) is 122 cm³/mol. The lowest BCUT2D eigenvalue weighted by atomic mass is 10.1. The minimum Gasteiger partial charge on any atom is -0.233 e. The molecule has 0 aliphatic rings. The van der Waals surface area contributed by atoms with Crippen LogP contribution in [0.4, 0.5) is 0 Å². The first-order valence-electron chi connectivity index (χ1n) is 10.1. The quantitative estimate of drug-likeness (QED) is 0.248. The van der Waals surface area contributed by atoms with Crippen molar-refractivity contribution in [1.29, 1.82) is 0 Å². The molecule has 0 fully saturated rings. The molecule has 0 bridgehead atoms. The van der Waals surface area contributed by atoms with Gasteiger partial charge in [-0.15, -0.1) is 34.0 Å². The Bertz CT molecular complexity index is 860. The first kappa shape index (κ1) is 20.5. The van der Waals surface area contributed by atoms with Crippen LogP contribution < -0.4 is 0 Å². The van der Waals surface area contributed by atoms with Crippen molar-refractivity contribution in [1.82, 2.24) is 9.97 Å². The number of hydrogen-bond acceptors (Lipinski definition) is 5. The van der Waals surface area contributed by atoms with Crippen LogP contribution in [0.1, 0.15) is 82.2 Å². The number of rotatable bonds is 10. The van der Waals surface area contributed by atoms with Crippen LogP contribution in [-0.2, 0) is 6.42 Å². The number of fused-ring (bicyclic) bond motifs is 1. The average molecular weight is 417 g/mol. The van der Waals surface area contributed by atoms with E-state index in [0.717, 1.165) is 27.6 Å². The van der Waals surface area contributed by atoms with Gasteiger partial charge in [-0.3, -0.25) is 0 Å². The van der Waals surface area contributed by atoms with Crippen LogP contribution in [0.15, 0.2) is 11.4 Å². The second-order valence-electron chi connectivity index (χ2n) is 6.87.